The van der Waals surface area contributed by atoms with E-state index in [-0.39, 0.29) is 0 Å². The molecule has 0 saturated carbocycles. The van der Waals surface area contributed by atoms with E-state index in [0.717, 1.165) is 19.3 Å². The Bertz CT molecular complexity index is 395. The predicted octanol–water partition coefficient (Wildman–Crippen LogP) is 3.84. The highest BCUT2D eigenvalue weighted by atomic mass is 14.4. The van der Waals surface area contributed by atoms with Crippen LogP contribution in [0.4, 0.5) is 0 Å². The van der Waals surface area contributed by atoms with Gasteiger partial charge in [-0.3, -0.25) is 0 Å². The molecule has 0 aliphatic rings. The molecular weight excluding hydrogens is 208 g/mol. The third-order valence-corrected chi connectivity index (χ3v) is 3.02. The van der Waals surface area contributed by atoms with Gasteiger partial charge in [0.15, 0.2) is 0 Å². The molecule has 0 aliphatic carbocycles. The summed E-state index contributed by atoms with van der Waals surface area (Å²) in [6.45, 7) is 2.01. The van der Waals surface area contributed by atoms with E-state index in [1.54, 1.807) is 0 Å². The average molecular weight is 226 g/mol. The van der Waals surface area contributed by atoms with Gasteiger partial charge in [0.25, 0.3) is 0 Å². The van der Waals surface area contributed by atoms with Gasteiger partial charge in [-0.05, 0) is 31.2 Å². The quantitative estimate of drug-likeness (QED) is 0.739. The van der Waals surface area contributed by atoms with E-state index in [4.69, 9.17) is 10.5 Å². The summed E-state index contributed by atoms with van der Waals surface area (Å²) in [5, 5.41) is 18.3. The Morgan fingerprint density at radius 1 is 1.06 bits per heavy atom. The fourth-order valence-electron chi connectivity index (χ4n) is 2.04. The lowest BCUT2D eigenvalue weighted by Gasteiger charge is -2.17. The summed E-state index contributed by atoms with van der Waals surface area (Å²) < 4.78 is 0. The molecule has 0 bridgehead atoms. The summed E-state index contributed by atoms with van der Waals surface area (Å²) in [6.07, 6.45) is 4.06. The Morgan fingerprint density at radius 3 is 2.24 bits per heavy atom. The van der Waals surface area contributed by atoms with Crippen LogP contribution in [-0.4, -0.2) is 0 Å². The van der Waals surface area contributed by atoms with Crippen LogP contribution in [0.1, 0.15) is 38.2 Å². The average Bonchev–Trinajstić information content (AvgIpc) is 2.39. The monoisotopic (exact) mass is 226 g/mol. The number of nitrogens with zero attached hydrogens (tertiary/aromatic N) is 2. The van der Waals surface area contributed by atoms with Gasteiger partial charge in [-0.2, -0.15) is 10.5 Å². The van der Waals surface area contributed by atoms with Gasteiger partial charge in [0, 0.05) is 0 Å². The maximum absolute atomic E-state index is 9.13. The lowest BCUT2D eigenvalue weighted by molar-refractivity contribution is 0.420. The highest BCUT2D eigenvalue weighted by Gasteiger charge is 2.28. The molecule has 2 nitrogen and oxygen atoms in total. The van der Waals surface area contributed by atoms with Crippen LogP contribution in [0.15, 0.2) is 30.3 Å². The largest absolute Gasteiger partial charge is 0.197 e. The highest BCUT2D eigenvalue weighted by Crippen LogP contribution is 2.28. The molecule has 0 saturated heterocycles. The first-order chi connectivity index (χ1) is 8.26. The summed E-state index contributed by atoms with van der Waals surface area (Å²) in [5.41, 5.74) is 0.498. The van der Waals surface area contributed by atoms with E-state index < -0.39 is 5.41 Å². The van der Waals surface area contributed by atoms with E-state index in [0.29, 0.717) is 12.8 Å². The van der Waals surface area contributed by atoms with Crippen molar-refractivity contribution >= 4 is 0 Å². The van der Waals surface area contributed by atoms with Gasteiger partial charge >= 0.3 is 0 Å². The number of benzene rings is 1. The molecule has 17 heavy (non-hydrogen) atoms. The predicted molar refractivity (Wildman–Crippen MR) is 67.9 cm³/mol. The maximum atomic E-state index is 9.13. The molecule has 0 aromatic heterocycles. The minimum absolute atomic E-state index is 0.669. The first-order valence-corrected chi connectivity index (χ1v) is 6.13. The molecule has 0 aliphatic heterocycles. The van der Waals surface area contributed by atoms with Crippen molar-refractivity contribution in [1.29, 1.82) is 10.5 Å². The van der Waals surface area contributed by atoms with Crippen LogP contribution < -0.4 is 0 Å². The van der Waals surface area contributed by atoms with Crippen molar-refractivity contribution in [2.75, 3.05) is 0 Å². The first kappa shape index (κ1) is 13.3. The zero-order chi connectivity index (χ0) is 12.6. The maximum Gasteiger partial charge on any atom is 0.143 e. The van der Waals surface area contributed by atoms with Crippen molar-refractivity contribution in [1.82, 2.24) is 0 Å². The van der Waals surface area contributed by atoms with E-state index in [1.165, 1.54) is 5.56 Å². The van der Waals surface area contributed by atoms with Gasteiger partial charge in [0.2, 0.25) is 0 Å². The molecule has 2 heteroatoms. The Kier molecular flexibility index (Phi) is 5.24. The van der Waals surface area contributed by atoms with Crippen molar-refractivity contribution in [3.8, 4) is 12.1 Å². The molecule has 1 rings (SSSR count). The van der Waals surface area contributed by atoms with Crippen molar-refractivity contribution < 1.29 is 0 Å². The van der Waals surface area contributed by atoms with Crippen LogP contribution in [0.3, 0.4) is 0 Å². The van der Waals surface area contributed by atoms with E-state index >= 15 is 0 Å². The standard InChI is InChI=1S/C15H18N2/c1-2-10-15(12-16,13-17)11-6-9-14-7-4-3-5-8-14/h3-5,7-8H,2,6,9-11H2,1H3. The Labute approximate surface area is 104 Å². The van der Waals surface area contributed by atoms with Crippen LogP contribution in [-0.2, 0) is 6.42 Å². The van der Waals surface area contributed by atoms with E-state index in [1.807, 2.05) is 25.1 Å². The summed E-state index contributed by atoms with van der Waals surface area (Å²) in [6, 6.07) is 14.6. The lowest BCUT2D eigenvalue weighted by Crippen LogP contribution is -2.16. The second kappa shape index (κ2) is 6.71. The summed E-state index contributed by atoms with van der Waals surface area (Å²) in [7, 11) is 0. The first-order valence-electron chi connectivity index (χ1n) is 6.13. The van der Waals surface area contributed by atoms with Crippen LogP contribution in [0.5, 0.6) is 0 Å². The molecule has 0 atom stereocenters. The molecule has 1 aromatic rings. The zero-order valence-electron chi connectivity index (χ0n) is 10.3. The van der Waals surface area contributed by atoms with Crippen LogP contribution >= 0.6 is 0 Å². The molecule has 0 heterocycles. The molecule has 88 valence electrons. The Hall–Kier alpha value is -1.80. The Morgan fingerprint density at radius 2 is 1.71 bits per heavy atom. The molecule has 1 aromatic carbocycles. The van der Waals surface area contributed by atoms with Crippen LogP contribution in [0.25, 0.3) is 0 Å². The number of nitriles is 2. The topological polar surface area (TPSA) is 47.6 Å². The third kappa shape index (κ3) is 3.93. The number of hydrogen-bond acceptors (Lipinski definition) is 2. The van der Waals surface area contributed by atoms with Crippen molar-refractivity contribution in [3.05, 3.63) is 35.9 Å². The number of hydrogen-bond donors (Lipinski definition) is 0. The van der Waals surface area contributed by atoms with E-state index in [9.17, 15) is 0 Å². The zero-order valence-corrected chi connectivity index (χ0v) is 10.3. The van der Waals surface area contributed by atoms with Crippen LogP contribution in [0.2, 0.25) is 0 Å². The van der Waals surface area contributed by atoms with Gasteiger partial charge < -0.3 is 0 Å². The van der Waals surface area contributed by atoms with Crippen molar-refractivity contribution in [2.24, 2.45) is 5.41 Å². The fourth-order valence-corrected chi connectivity index (χ4v) is 2.04. The van der Waals surface area contributed by atoms with Gasteiger partial charge in [-0.1, -0.05) is 43.7 Å². The molecule has 0 fully saturated rings. The second-order valence-corrected chi connectivity index (χ2v) is 4.39. The minimum atomic E-state index is -0.774. The van der Waals surface area contributed by atoms with Gasteiger partial charge in [0.1, 0.15) is 5.41 Å². The van der Waals surface area contributed by atoms with Crippen molar-refractivity contribution in [2.45, 2.75) is 39.0 Å². The second-order valence-electron chi connectivity index (χ2n) is 4.39. The highest BCUT2D eigenvalue weighted by molar-refractivity contribution is 5.16. The minimum Gasteiger partial charge on any atom is -0.197 e. The summed E-state index contributed by atoms with van der Waals surface area (Å²) in [4.78, 5) is 0. The normalized spacial score (nSPS) is 10.5. The molecular formula is C15H18N2. The van der Waals surface area contributed by atoms with Gasteiger partial charge in [-0.25, -0.2) is 0 Å². The van der Waals surface area contributed by atoms with E-state index in [2.05, 4.69) is 24.3 Å². The molecule has 0 spiro atoms. The van der Waals surface area contributed by atoms with Gasteiger partial charge in [0.05, 0.1) is 12.1 Å². The number of aryl methyl sites for hydroxylation is 1. The molecule has 0 N–H and O–H groups in total. The molecule has 0 amide bonds. The van der Waals surface area contributed by atoms with Crippen molar-refractivity contribution in [3.63, 3.8) is 0 Å². The third-order valence-electron chi connectivity index (χ3n) is 3.02. The molecule has 0 unspecified atom stereocenters. The lowest BCUT2D eigenvalue weighted by atomic mass is 9.81. The molecule has 0 radical (unpaired) electrons. The Balaban J connectivity index is 2.49. The smallest absolute Gasteiger partial charge is 0.143 e. The van der Waals surface area contributed by atoms with Crippen LogP contribution in [0, 0.1) is 28.1 Å². The SMILES string of the molecule is CCCC(C#N)(C#N)CCCc1ccccc1. The number of rotatable bonds is 6. The summed E-state index contributed by atoms with van der Waals surface area (Å²) >= 11 is 0. The summed E-state index contributed by atoms with van der Waals surface area (Å²) in [5.74, 6) is 0. The fraction of sp³-hybridized carbons (Fsp3) is 0.467. The van der Waals surface area contributed by atoms with Gasteiger partial charge in [-0.15, -0.1) is 0 Å².